The molecule has 0 bridgehead atoms. The third kappa shape index (κ3) is 6.04. The van der Waals surface area contributed by atoms with E-state index in [4.69, 9.17) is 9.47 Å². The van der Waals surface area contributed by atoms with E-state index in [2.05, 4.69) is 10.3 Å². The van der Waals surface area contributed by atoms with Gasteiger partial charge < -0.3 is 9.47 Å². The molecule has 0 saturated heterocycles. The van der Waals surface area contributed by atoms with Crippen molar-refractivity contribution < 1.29 is 19.1 Å². The number of hydrogen-bond acceptors (Lipinski definition) is 6. The Morgan fingerprint density at radius 3 is 2.68 bits per heavy atom. The number of ether oxygens (including phenoxy) is 2. The van der Waals surface area contributed by atoms with Crippen LogP contribution in [0.4, 0.5) is 5.13 Å². The molecule has 2 aromatic rings. The molecule has 2 rings (SSSR count). The fourth-order valence-electron chi connectivity index (χ4n) is 1.84. The van der Waals surface area contributed by atoms with Crippen LogP contribution in [0.3, 0.4) is 0 Å². The van der Waals surface area contributed by atoms with Gasteiger partial charge in [-0.2, -0.15) is 0 Å². The van der Waals surface area contributed by atoms with Crippen LogP contribution in [0.25, 0.3) is 6.08 Å². The van der Waals surface area contributed by atoms with Crippen LogP contribution >= 0.6 is 11.3 Å². The van der Waals surface area contributed by atoms with Gasteiger partial charge in [-0.1, -0.05) is 19.1 Å². The van der Waals surface area contributed by atoms with Gasteiger partial charge in [0.25, 0.3) is 0 Å². The van der Waals surface area contributed by atoms with E-state index in [0.717, 1.165) is 17.7 Å². The van der Waals surface area contributed by atoms with E-state index < -0.39 is 5.97 Å². The van der Waals surface area contributed by atoms with Crippen LogP contribution in [0.15, 0.2) is 35.7 Å². The number of amides is 1. The van der Waals surface area contributed by atoms with E-state index in [1.807, 2.05) is 31.2 Å². The summed E-state index contributed by atoms with van der Waals surface area (Å²) in [6, 6.07) is 7.47. The molecule has 0 fully saturated rings. The first kappa shape index (κ1) is 18.7. The van der Waals surface area contributed by atoms with Crippen molar-refractivity contribution in [3.63, 3.8) is 0 Å². The van der Waals surface area contributed by atoms with Gasteiger partial charge in [-0.05, 0) is 37.1 Å². The summed E-state index contributed by atoms with van der Waals surface area (Å²) in [6.45, 7) is 4.73. The number of hydrogen-bond donors (Lipinski definition) is 1. The topological polar surface area (TPSA) is 77.5 Å². The highest BCUT2D eigenvalue weighted by Gasteiger charge is 2.12. The Balaban J connectivity index is 1.89. The van der Waals surface area contributed by atoms with E-state index in [9.17, 15) is 9.59 Å². The summed E-state index contributed by atoms with van der Waals surface area (Å²) in [4.78, 5) is 27.5. The number of thiazole rings is 1. The first-order chi connectivity index (χ1) is 12.1. The van der Waals surface area contributed by atoms with Gasteiger partial charge in [0.05, 0.1) is 13.2 Å². The Labute approximate surface area is 150 Å². The highest BCUT2D eigenvalue weighted by atomic mass is 32.1. The Bertz CT molecular complexity index is 738. The minimum absolute atomic E-state index is 0.189. The van der Waals surface area contributed by atoms with Crippen molar-refractivity contribution in [1.29, 1.82) is 0 Å². The lowest BCUT2D eigenvalue weighted by molar-refractivity contribution is -0.111. The summed E-state index contributed by atoms with van der Waals surface area (Å²) in [5.74, 6) is -0.0195. The van der Waals surface area contributed by atoms with Gasteiger partial charge in [-0.15, -0.1) is 11.3 Å². The molecule has 1 N–H and O–H groups in total. The molecule has 1 heterocycles. The van der Waals surface area contributed by atoms with Crippen LogP contribution in [0.1, 0.15) is 36.3 Å². The molecule has 7 heteroatoms. The van der Waals surface area contributed by atoms with Crippen molar-refractivity contribution in [3.8, 4) is 5.75 Å². The third-order valence-electron chi connectivity index (χ3n) is 3.00. The molecule has 0 aliphatic heterocycles. The first-order valence-electron chi connectivity index (χ1n) is 7.97. The molecule has 132 valence electrons. The molecule has 0 aliphatic carbocycles. The minimum atomic E-state index is -0.500. The smallest absolute Gasteiger partial charge is 0.357 e. The maximum Gasteiger partial charge on any atom is 0.357 e. The molecular weight excluding hydrogens is 340 g/mol. The van der Waals surface area contributed by atoms with Crippen LogP contribution < -0.4 is 10.1 Å². The summed E-state index contributed by atoms with van der Waals surface area (Å²) in [6.07, 6.45) is 4.06. The van der Waals surface area contributed by atoms with Crippen LogP contribution in [0, 0.1) is 0 Å². The van der Waals surface area contributed by atoms with Gasteiger partial charge in [0, 0.05) is 11.5 Å². The predicted molar refractivity (Wildman–Crippen MR) is 98.0 cm³/mol. The van der Waals surface area contributed by atoms with Gasteiger partial charge in [-0.3, -0.25) is 10.1 Å². The maximum atomic E-state index is 11.9. The highest BCUT2D eigenvalue weighted by Crippen LogP contribution is 2.17. The second kappa shape index (κ2) is 9.58. The predicted octanol–water partition coefficient (Wildman–Crippen LogP) is 3.76. The lowest BCUT2D eigenvalue weighted by Gasteiger charge is -2.03. The summed E-state index contributed by atoms with van der Waals surface area (Å²) >= 11 is 1.17. The number of rotatable bonds is 8. The molecular formula is C18H20N2O4S. The Morgan fingerprint density at radius 2 is 2.00 bits per heavy atom. The third-order valence-corrected chi connectivity index (χ3v) is 3.76. The highest BCUT2D eigenvalue weighted by molar-refractivity contribution is 7.14. The zero-order valence-electron chi connectivity index (χ0n) is 14.2. The standard InChI is InChI=1S/C18H20N2O4S/c1-3-11-24-14-8-5-13(6-9-14)7-10-16(21)20-18-19-15(12-25-18)17(22)23-4-2/h5-10,12H,3-4,11H2,1-2H3,(H,19,20,21)/b10-7+. The summed E-state index contributed by atoms with van der Waals surface area (Å²) in [7, 11) is 0. The van der Waals surface area contributed by atoms with E-state index in [1.165, 1.54) is 17.4 Å². The number of nitrogens with zero attached hydrogens (tertiary/aromatic N) is 1. The molecule has 0 spiro atoms. The molecule has 6 nitrogen and oxygen atoms in total. The van der Waals surface area contributed by atoms with Crippen molar-refractivity contribution >= 4 is 34.4 Å². The number of aromatic nitrogens is 1. The fraction of sp³-hybridized carbons (Fsp3) is 0.278. The van der Waals surface area contributed by atoms with Crippen molar-refractivity contribution in [1.82, 2.24) is 4.98 Å². The number of anilines is 1. The average molecular weight is 360 g/mol. The number of esters is 1. The quantitative estimate of drug-likeness (QED) is 0.573. The van der Waals surface area contributed by atoms with Crippen molar-refractivity contribution in [2.45, 2.75) is 20.3 Å². The van der Waals surface area contributed by atoms with Crippen LogP contribution in [0.5, 0.6) is 5.75 Å². The average Bonchev–Trinajstić information content (AvgIpc) is 3.08. The van der Waals surface area contributed by atoms with E-state index in [0.29, 0.717) is 11.7 Å². The SMILES string of the molecule is CCCOc1ccc(/C=C/C(=O)Nc2nc(C(=O)OCC)cs2)cc1. The van der Waals surface area contributed by atoms with Crippen molar-refractivity contribution in [2.75, 3.05) is 18.5 Å². The largest absolute Gasteiger partial charge is 0.494 e. The number of nitrogens with one attached hydrogen (secondary N) is 1. The Kier molecular flexibility index (Phi) is 7.16. The molecule has 0 radical (unpaired) electrons. The summed E-state index contributed by atoms with van der Waals surface area (Å²) in [5, 5.41) is 4.51. The Morgan fingerprint density at radius 1 is 1.24 bits per heavy atom. The second-order valence-corrected chi connectivity index (χ2v) is 5.86. The second-order valence-electron chi connectivity index (χ2n) is 5.00. The molecule has 25 heavy (non-hydrogen) atoms. The number of carbonyl (C=O) groups excluding carboxylic acids is 2. The normalized spacial score (nSPS) is 10.6. The van der Waals surface area contributed by atoms with Gasteiger partial charge in [0.1, 0.15) is 5.75 Å². The number of benzene rings is 1. The zero-order chi connectivity index (χ0) is 18.1. The lowest BCUT2D eigenvalue weighted by Crippen LogP contribution is -2.09. The van der Waals surface area contributed by atoms with Crippen LogP contribution in [-0.2, 0) is 9.53 Å². The molecule has 1 aromatic carbocycles. The summed E-state index contributed by atoms with van der Waals surface area (Å²) < 4.78 is 10.4. The van der Waals surface area contributed by atoms with Crippen molar-refractivity contribution in [2.24, 2.45) is 0 Å². The molecule has 0 atom stereocenters. The van der Waals surface area contributed by atoms with Crippen molar-refractivity contribution in [3.05, 3.63) is 47.0 Å². The lowest BCUT2D eigenvalue weighted by atomic mass is 10.2. The van der Waals surface area contributed by atoms with E-state index in [1.54, 1.807) is 18.4 Å². The minimum Gasteiger partial charge on any atom is -0.494 e. The maximum absolute atomic E-state index is 11.9. The first-order valence-corrected chi connectivity index (χ1v) is 8.85. The summed E-state index contributed by atoms with van der Waals surface area (Å²) in [5.41, 5.74) is 1.07. The fourth-order valence-corrected chi connectivity index (χ4v) is 2.53. The van der Waals surface area contributed by atoms with Crippen LogP contribution in [0.2, 0.25) is 0 Å². The molecule has 1 aromatic heterocycles. The molecule has 0 unspecified atom stereocenters. The zero-order valence-corrected chi connectivity index (χ0v) is 15.0. The van der Waals surface area contributed by atoms with Gasteiger partial charge in [0.15, 0.2) is 10.8 Å². The van der Waals surface area contributed by atoms with Gasteiger partial charge in [0.2, 0.25) is 5.91 Å². The van der Waals surface area contributed by atoms with Gasteiger partial charge in [-0.25, -0.2) is 9.78 Å². The van der Waals surface area contributed by atoms with Gasteiger partial charge >= 0.3 is 5.97 Å². The van der Waals surface area contributed by atoms with E-state index in [-0.39, 0.29) is 18.2 Å². The van der Waals surface area contributed by atoms with Crippen LogP contribution in [-0.4, -0.2) is 30.1 Å². The molecule has 1 amide bonds. The number of carbonyl (C=O) groups is 2. The Hall–Kier alpha value is -2.67. The van der Waals surface area contributed by atoms with E-state index >= 15 is 0 Å². The molecule has 0 aliphatic rings. The monoisotopic (exact) mass is 360 g/mol. The molecule has 0 saturated carbocycles.